The van der Waals surface area contributed by atoms with E-state index >= 15 is 0 Å². The molecule has 0 aliphatic rings. The van der Waals surface area contributed by atoms with Gasteiger partial charge in [0, 0.05) is 19.8 Å². The summed E-state index contributed by atoms with van der Waals surface area (Å²) in [5, 5.41) is 7.24. The molecule has 19 heavy (non-hydrogen) atoms. The fourth-order valence-corrected chi connectivity index (χ4v) is 1.93. The summed E-state index contributed by atoms with van der Waals surface area (Å²) in [6.07, 6.45) is 5.20. The Bertz CT molecular complexity index is 460. The molecule has 1 N–H and O–H groups in total. The van der Waals surface area contributed by atoms with Crippen molar-refractivity contribution in [1.82, 2.24) is 9.78 Å². The maximum atomic E-state index is 11.9. The SMILES string of the molecule is C=CCn1ncc(NCCCOCCC)c(Br)c1=O. The van der Waals surface area contributed by atoms with Crippen LogP contribution in [0.5, 0.6) is 0 Å². The summed E-state index contributed by atoms with van der Waals surface area (Å²) in [6.45, 7) is 8.34. The second-order valence-electron chi connectivity index (χ2n) is 4.04. The van der Waals surface area contributed by atoms with Crippen LogP contribution in [0, 0.1) is 0 Å². The average Bonchev–Trinajstić information content (AvgIpc) is 2.41. The lowest BCUT2D eigenvalue weighted by atomic mass is 10.4. The van der Waals surface area contributed by atoms with Gasteiger partial charge in [0.05, 0.1) is 18.4 Å². The number of halogens is 1. The molecule has 0 aromatic carbocycles. The van der Waals surface area contributed by atoms with Crippen LogP contribution in [0.4, 0.5) is 5.69 Å². The van der Waals surface area contributed by atoms with Crippen LogP contribution >= 0.6 is 15.9 Å². The van der Waals surface area contributed by atoms with E-state index in [-0.39, 0.29) is 5.56 Å². The van der Waals surface area contributed by atoms with E-state index in [0.29, 0.717) is 16.7 Å². The largest absolute Gasteiger partial charge is 0.383 e. The monoisotopic (exact) mass is 329 g/mol. The van der Waals surface area contributed by atoms with Crippen LogP contribution in [0.3, 0.4) is 0 Å². The van der Waals surface area contributed by atoms with E-state index in [0.717, 1.165) is 32.6 Å². The lowest BCUT2D eigenvalue weighted by Gasteiger charge is -2.09. The van der Waals surface area contributed by atoms with E-state index in [9.17, 15) is 4.79 Å². The van der Waals surface area contributed by atoms with Crippen molar-refractivity contribution in [2.75, 3.05) is 25.1 Å². The van der Waals surface area contributed by atoms with Gasteiger partial charge >= 0.3 is 0 Å². The highest BCUT2D eigenvalue weighted by molar-refractivity contribution is 9.10. The smallest absolute Gasteiger partial charge is 0.283 e. The molecule has 1 heterocycles. The number of hydrogen-bond donors (Lipinski definition) is 1. The van der Waals surface area contributed by atoms with Gasteiger partial charge in [-0.3, -0.25) is 4.79 Å². The van der Waals surface area contributed by atoms with E-state index < -0.39 is 0 Å². The van der Waals surface area contributed by atoms with Crippen molar-refractivity contribution < 1.29 is 4.74 Å². The second kappa shape index (κ2) is 8.87. The van der Waals surface area contributed by atoms with Crippen molar-refractivity contribution in [3.05, 3.63) is 33.7 Å². The van der Waals surface area contributed by atoms with Gasteiger partial charge in [-0.1, -0.05) is 13.0 Å². The molecule has 0 saturated heterocycles. The summed E-state index contributed by atoms with van der Waals surface area (Å²) >= 11 is 3.29. The van der Waals surface area contributed by atoms with Crippen molar-refractivity contribution >= 4 is 21.6 Å². The van der Waals surface area contributed by atoms with Gasteiger partial charge in [-0.25, -0.2) is 4.68 Å². The highest BCUT2D eigenvalue weighted by Crippen LogP contribution is 2.15. The summed E-state index contributed by atoms with van der Waals surface area (Å²) in [6, 6.07) is 0. The fourth-order valence-electron chi connectivity index (χ4n) is 1.48. The van der Waals surface area contributed by atoms with E-state index in [1.165, 1.54) is 4.68 Å². The highest BCUT2D eigenvalue weighted by atomic mass is 79.9. The highest BCUT2D eigenvalue weighted by Gasteiger charge is 2.07. The molecule has 0 amide bonds. The molecule has 0 atom stereocenters. The molecular formula is C13H20BrN3O2. The number of aromatic nitrogens is 2. The summed E-state index contributed by atoms with van der Waals surface area (Å²) in [7, 11) is 0. The number of ether oxygens (including phenoxy) is 1. The molecule has 0 saturated carbocycles. The number of allylic oxidation sites excluding steroid dienone is 1. The molecule has 0 unspecified atom stereocenters. The number of rotatable bonds is 9. The molecule has 1 aromatic rings. The predicted octanol–water partition coefficient (Wildman–Crippen LogP) is 2.42. The van der Waals surface area contributed by atoms with Crippen LogP contribution in [0.1, 0.15) is 19.8 Å². The van der Waals surface area contributed by atoms with Crippen LogP contribution in [-0.2, 0) is 11.3 Å². The average molecular weight is 330 g/mol. The summed E-state index contributed by atoms with van der Waals surface area (Å²) in [5.41, 5.74) is 0.549. The molecule has 0 radical (unpaired) electrons. The molecule has 5 nitrogen and oxygen atoms in total. The van der Waals surface area contributed by atoms with Crippen molar-refractivity contribution in [2.24, 2.45) is 0 Å². The zero-order chi connectivity index (χ0) is 14.1. The molecule has 0 bridgehead atoms. The first-order valence-electron chi connectivity index (χ1n) is 6.38. The summed E-state index contributed by atoms with van der Waals surface area (Å²) in [4.78, 5) is 11.9. The first-order valence-corrected chi connectivity index (χ1v) is 7.18. The number of hydrogen-bond acceptors (Lipinski definition) is 4. The Kier molecular flexibility index (Phi) is 7.43. The lowest BCUT2D eigenvalue weighted by molar-refractivity contribution is 0.134. The maximum Gasteiger partial charge on any atom is 0.283 e. The Labute approximate surface area is 121 Å². The van der Waals surface area contributed by atoms with Crippen LogP contribution in [0.25, 0.3) is 0 Å². The molecule has 0 spiro atoms. The van der Waals surface area contributed by atoms with E-state index in [1.54, 1.807) is 12.3 Å². The zero-order valence-electron chi connectivity index (χ0n) is 11.2. The van der Waals surface area contributed by atoms with E-state index in [2.05, 4.69) is 39.8 Å². The predicted molar refractivity (Wildman–Crippen MR) is 80.6 cm³/mol. The van der Waals surface area contributed by atoms with Gasteiger partial charge in [-0.05, 0) is 28.8 Å². The Morgan fingerprint density at radius 2 is 2.37 bits per heavy atom. The van der Waals surface area contributed by atoms with Gasteiger partial charge in [-0.2, -0.15) is 5.10 Å². The Hall–Kier alpha value is -1.14. The van der Waals surface area contributed by atoms with E-state index in [4.69, 9.17) is 4.74 Å². The van der Waals surface area contributed by atoms with Crippen molar-refractivity contribution in [2.45, 2.75) is 26.3 Å². The number of anilines is 1. The molecule has 106 valence electrons. The van der Waals surface area contributed by atoms with Gasteiger partial charge in [-0.15, -0.1) is 6.58 Å². The minimum absolute atomic E-state index is 0.160. The van der Waals surface area contributed by atoms with Crippen LogP contribution < -0.4 is 10.9 Å². The van der Waals surface area contributed by atoms with Gasteiger partial charge in [0.15, 0.2) is 0 Å². The second-order valence-corrected chi connectivity index (χ2v) is 4.83. The first-order chi connectivity index (χ1) is 9.20. The molecule has 1 rings (SSSR count). The van der Waals surface area contributed by atoms with Crippen LogP contribution in [0.15, 0.2) is 28.1 Å². The molecule has 0 fully saturated rings. The summed E-state index contributed by atoms with van der Waals surface area (Å²) in [5.74, 6) is 0. The maximum absolute atomic E-state index is 11.9. The Morgan fingerprint density at radius 1 is 1.58 bits per heavy atom. The fraction of sp³-hybridized carbons (Fsp3) is 0.538. The molecular weight excluding hydrogens is 310 g/mol. The first kappa shape index (κ1) is 15.9. The number of nitrogens with zero attached hydrogens (tertiary/aromatic N) is 2. The van der Waals surface area contributed by atoms with Crippen LogP contribution in [0.2, 0.25) is 0 Å². The Balaban J connectivity index is 2.48. The number of nitrogens with one attached hydrogen (secondary N) is 1. The molecule has 6 heteroatoms. The lowest BCUT2D eigenvalue weighted by Crippen LogP contribution is -2.24. The van der Waals surface area contributed by atoms with Gasteiger partial charge in [0.2, 0.25) is 0 Å². The van der Waals surface area contributed by atoms with Gasteiger partial charge < -0.3 is 10.1 Å². The Morgan fingerprint density at radius 3 is 3.05 bits per heavy atom. The van der Waals surface area contributed by atoms with Crippen LogP contribution in [-0.4, -0.2) is 29.5 Å². The zero-order valence-corrected chi connectivity index (χ0v) is 12.8. The standard InChI is InChI=1S/C13H20BrN3O2/c1-3-7-17-13(18)12(14)11(10-16-17)15-6-5-9-19-8-4-2/h3,10,15H,1,4-9H2,2H3. The third-order valence-electron chi connectivity index (χ3n) is 2.42. The minimum atomic E-state index is -0.160. The van der Waals surface area contributed by atoms with Gasteiger partial charge in [0.25, 0.3) is 5.56 Å². The molecule has 0 aliphatic heterocycles. The van der Waals surface area contributed by atoms with Crippen molar-refractivity contribution in [1.29, 1.82) is 0 Å². The molecule has 0 aliphatic carbocycles. The van der Waals surface area contributed by atoms with Gasteiger partial charge in [0.1, 0.15) is 4.47 Å². The van der Waals surface area contributed by atoms with Crippen molar-refractivity contribution in [3.8, 4) is 0 Å². The third kappa shape index (κ3) is 5.16. The topological polar surface area (TPSA) is 56.1 Å². The third-order valence-corrected chi connectivity index (χ3v) is 3.18. The van der Waals surface area contributed by atoms with E-state index in [1.807, 2.05) is 0 Å². The minimum Gasteiger partial charge on any atom is -0.383 e. The molecule has 1 aromatic heterocycles. The van der Waals surface area contributed by atoms with Crippen molar-refractivity contribution in [3.63, 3.8) is 0 Å². The normalized spacial score (nSPS) is 10.4. The summed E-state index contributed by atoms with van der Waals surface area (Å²) < 4.78 is 7.23. The quantitative estimate of drug-likeness (QED) is 0.558.